The highest BCUT2D eigenvalue weighted by atomic mass is 16.3. The predicted octanol–water partition coefficient (Wildman–Crippen LogP) is 3.14. The Kier molecular flexibility index (Phi) is 5.13. The minimum atomic E-state index is -0.271. The van der Waals surface area contributed by atoms with Crippen LogP contribution in [0.5, 0.6) is 0 Å². The zero-order chi connectivity index (χ0) is 19.7. The number of carbonyl (C=O) groups excluding carboxylic acids is 1. The van der Waals surface area contributed by atoms with Crippen molar-refractivity contribution in [3.05, 3.63) is 59.0 Å². The molecule has 0 unspecified atom stereocenters. The van der Waals surface area contributed by atoms with Gasteiger partial charge in [-0.05, 0) is 55.9 Å². The minimum Gasteiger partial charge on any atom is -0.393 e. The number of aliphatic hydroxyl groups excluding tert-OH is 1. The van der Waals surface area contributed by atoms with E-state index in [2.05, 4.69) is 26.6 Å². The van der Waals surface area contributed by atoms with Gasteiger partial charge in [-0.3, -0.25) is 14.9 Å². The Morgan fingerprint density at radius 3 is 2.82 bits per heavy atom. The molecule has 2 aromatic heterocycles. The normalized spacial score (nSPS) is 20.0. The van der Waals surface area contributed by atoms with Crippen molar-refractivity contribution in [1.29, 1.82) is 0 Å². The topological polar surface area (TPSA) is 90.9 Å². The Balaban J connectivity index is 1.49. The molecule has 0 spiro atoms. The van der Waals surface area contributed by atoms with Crippen molar-refractivity contribution in [1.82, 2.24) is 20.5 Å². The number of aliphatic hydroxyl groups is 1. The van der Waals surface area contributed by atoms with Crippen LogP contribution in [-0.2, 0) is 11.2 Å². The highest BCUT2D eigenvalue weighted by Gasteiger charge is 2.35. The molecule has 2 heterocycles. The third kappa shape index (κ3) is 3.78. The number of rotatable bonds is 6. The van der Waals surface area contributed by atoms with E-state index in [0.29, 0.717) is 25.7 Å². The van der Waals surface area contributed by atoms with Gasteiger partial charge in [0.2, 0.25) is 5.91 Å². The van der Waals surface area contributed by atoms with Crippen molar-refractivity contribution < 1.29 is 9.90 Å². The van der Waals surface area contributed by atoms with Gasteiger partial charge in [-0.2, -0.15) is 5.10 Å². The number of aromatic nitrogens is 3. The maximum Gasteiger partial charge on any atom is 0.220 e. The number of hydrogen-bond acceptors (Lipinski definition) is 4. The molecule has 1 aromatic carbocycles. The van der Waals surface area contributed by atoms with E-state index in [-0.39, 0.29) is 24.0 Å². The highest BCUT2D eigenvalue weighted by Crippen LogP contribution is 2.38. The molecular weight excluding hydrogens is 352 g/mol. The largest absolute Gasteiger partial charge is 0.393 e. The first kappa shape index (κ1) is 18.6. The number of fused-ring (bicyclic) bond motifs is 1. The van der Waals surface area contributed by atoms with E-state index in [4.69, 9.17) is 0 Å². The number of aromatic amines is 1. The van der Waals surface area contributed by atoms with Crippen molar-refractivity contribution in [3.63, 3.8) is 0 Å². The predicted molar refractivity (Wildman–Crippen MR) is 108 cm³/mol. The second kappa shape index (κ2) is 7.72. The zero-order valence-corrected chi connectivity index (χ0v) is 16.3. The van der Waals surface area contributed by atoms with E-state index in [1.165, 1.54) is 0 Å². The molecule has 6 heteroatoms. The Bertz CT molecular complexity index is 991. The number of aryl methyl sites for hydroxylation is 2. The molecule has 0 bridgehead atoms. The van der Waals surface area contributed by atoms with Gasteiger partial charge < -0.3 is 10.4 Å². The van der Waals surface area contributed by atoms with Gasteiger partial charge in [0.1, 0.15) is 0 Å². The van der Waals surface area contributed by atoms with Crippen LogP contribution >= 0.6 is 0 Å². The number of para-hydroxylation sites is 1. The molecule has 1 aliphatic carbocycles. The standard InChI is InChI=1S/C22H26N4O2/c1-13-14(2)25-26-19(13)7-8-21(28)24-22(16-10-18(27)11-16)17-9-15-5-3-4-6-20(15)23-12-17/h3-6,9,12,16,18,22,27H,7-8,10-11H2,1-2H3,(H,24,28)(H,25,26)/t16?,18?,22-/m1/s1. The summed E-state index contributed by atoms with van der Waals surface area (Å²) in [7, 11) is 0. The number of H-pyrrole nitrogens is 1. The fraction of sp³-hybridized carbons (Fsp3) is 0.409. The molecule has 0 aliphatic heterocycles. The van der Waals surface area contributed by atoms with Crippen molar-refractivity contribution in [2.75, 3.05) is 0 Å². The molecule has 1 fully saturated rings. The van der Waals surface area contributed by atoms with E-state index in [1.54, 1.807) is 0 Å². The van der Waals surface area contributed by atoms with Crippen molar-refractivity contribution in [3.8, 4) is 0 Å². The molecule has 3 aromatic rings. The summed E-state index contributed by atoms with van der Waals surface area (Å²) >= 11 is 0. The lowest BCUT2D eigenvalue weighted by molar-refractivity contribution is -0.123. The van der Waals surface area contributed by atoms with Gasteiger partial charge in [0.05, 0.1) is 23.4 Å². The summed E-state index contributed by atoms with van der Waals surface area (Å²) < 4.78 is 0. The molecule has 1 saturated carbocycles. The molecule has 3 N–H and O–H groups in total. The number of pyridine rings is 1. The summed E-state index contributed by atoms with van der Waals surface area (Å²) in [6.07, 6.45) is 3.98. The number of carbonyl (C=O) groups is 1. The molecule has 1 atom stereocenters. The molecule has 146 valence electrons. The highest BCUT2D eigenvalue weighted by molar-refractivity contribution is 5.80. The number of nitrogens with zero attached hydrogens (tertiary/aromatic N) is 2. The Hall–Kier alpha value is -2.73. The summed E-state index contributed by atoms with van der Waals surface area (Å²) in [6, 6.07) is 9.93. The van der Waals surface area contributed by atoms with Crippen LogP contribution in [0, 0.1) is 19.8 Å². The van der Waals surface area contributed by atoms with Crippen molar-refractivity contribution >= 4 is 16.8 Å². The summed E-state index contributed by atoms with van der Waals surface area (Å²) in [4.78, 5) is 17.2. The first-order valence-corrected chi connectivity index (χ1v) is 9.84. The summed E-state index contributed by atoms with van der Waals surface area (Å²) in [5, 5.41) is 21.3. The van der Waals surface area contributed by atoms with E-state index >= 15 is 0 Å². The molecule has 0 saturated heterocycles. The molecular formula is C22H26N4O2. The van der Waals surface area contributed by atoms with E-state index in [1.807, 2.05) is 44.3 Å². The van der Waals surface area contributed by atoms with Crippen LogP contribution in [0.15, 0.2) is 36.5 Å². The first-order chi connectivity index (χ1) is 13.5. The van der Waals surface area contributed by atoms with Gasteiger partial charge in [-0.25, -0.2) is 0 Å². The van der Waals surface area contributed by atoms with Crippen LogP contribution in [0.25, 0.3) is 10.9 Å². The van der Waals surface area contributed by atoms with Gasteiger partial charge >= 0.3 is 0 Å². The zero-order valence-electron chi connectivity index (χ0n) is 16.3. The van der Waals surface area contributed by atoms with Crippen LogP contribution in [0.4, 0.5) is 0 Å². The van der Waals surface area contributed by atoms with Crippen molar-refractivity contribution in [2.24, 2.45) is 5.92 Å². The van der Waals surface area contributed by atoms with E-state index in [0.717, 1.165) is 33.4 Å². The molecule has 1 aliphatic rings. The summed E-state index contributed by atoms with van der Waals surface area (Å²) in [5.74, 6) is 0.232. The lowest BCUT2D eigenvalue weighted by atomic mass is 9.75. The molecule has 28 heavy (non-hydrogen) atoms. The number of nitrogens with one attached hydrogen (secondary N) is 2. The number of benzene rings is 1. The quantitative estimate of drug-likeness (QED) is 0.615. The summed E-state index contributed by atoms with van der Waals surface area (Å²) in [5.41, 5.74) is 5.03. The van der Waals surface area contributed by atoms with Gasteiger partial charge in [-0.15, -0.1) is 0 Å². The monoisotopic (exact) mass is 378 g/mol. The van der Waals surface area contributed by atoms with Gasteiger partial charge in [0, 0.05) is 30.1 Å². The maximum absolute atomic E-state index is 12.7. The van der Waals surface area contributed by atoms with Gasteiger partial charge in [-0.1, -0.05) is 18.2 Å². The average Bonchev–Trinajstić information content (AvgIpc) is 3.00. The second-order valence-corrected chi connectivity index (χ2v) is 7.81. The SMILES string of the molecule is Cc1[nH]nc(CCC(=O)N[C@@H](c2cnc3ccccc3c2)C2CC(O)C2)c1C. The number of amides is 1. The Morgan fingerprint density at radius 2 is 2.11 bits per heavy atom. The lowest BCUT2D eigenvalue weighted by Crippen LogP contribution is -2.41. The van der Waals surface area contributed by atoms with Crippen molar-refractivity contribution in [2.45, 2.75) is 51.7 Å². The molecule has 4 rings (SSSR count). The smallest absolute Gasteiger partial charge is 0.220 e. The first-order valence-electron chi connectivity index (χ1n) is 9.84. The molecule has 1 amide bonds. The average molecular weight is 378 g/mol. The van der Waals surface area contributed by atoms with Crippen LogP contribution in [0.3, 0.4) is 0 Å². The van der Waals surface area contributed by atoms with Crippen LogP contribution in [0.1, 0.15) is 47.8 Å². The Morgan fingerprint density at radius 1 is 1.32 bits per heavy atom. The lowest BCUT2D eigenvalue weighted by Gasteiger charge is -2.38. The van der Waals surface area contributed by atoms with Gasteiger partial charge in [0.15, 0.2) is 0 Å². The van der Waals surface area contributed by atoms with Gasteiger partial charge in [0.25, 0.3) is 0 Å². The minimum absolute atomic E-state index is 0.000369. The second-order valence-electron chi connectivity index (χ2n) is 7.81. The fourth-order valence-electron chi connectivity index (χ4n) is 3.89. The third-order valence-corrected chi connectivity index (χ3v) is 5.85. The summed E-state index contributed by atoms with van der Waals surface area (Å²) in [6.45, 7) is 4.00. The molecule has 0 radical (unpaired) electrons. The molecule has 6 nitrogen and oxygen atoms in total. The maximum atomic E-state index is 12.7. The third-order valence-electron chi connectivity index (χ3n) is 5.85. The van der Waals surface area contributed by atoms with E-state index < -0.39 is 0 Å². The van der Waals surface area contributed by atoms with Crippen LogP contribution in [-0.4, -0.2) is 32.3 Å². The number of hydrogen-bond donors (Lipinski definition) is 3. The fourth-order valence-corrected chi connectivity index (χ4v) is 3.89. The van der Waals surface area contributed by atoms with Crippen LogP contribution < -0.4 is 5.32 Å². The Labute approximate surface area is 164 Å². The van der Waals surface area contributed by atoms with Crippen LogP contribution in [0.2, 0.25) is 0 Å². The van der Waals surface area contributed by atoms with E-state index in [9.17, 15) is 9.90 Å².